The molecule has 35 heavy (non-hydrogen) atoms. The van der Waals surface area contributed by atoms with E-state index in [1.165, 1.54) is 17.0 Å². The van der Waals surface area contributed by atoms with E-state index in [9.17, 15) is 22.4 Å². The summed E-state index contributed by atoms with van der Waals surface area (Å²) in [5, 5.41) is 0. The summed E-state index contributed by atoms with van der Waals surface area (Å²) in [6, 6.07) is 11.2. The molecule has 3 aromatic rings. The smallest absolute Gasteiger partial charge is 0.232 e. The van der Waals surface area contributed by atoms with Crippen LogP contribution in [-0.4, -0.2) is 36.8 Å². The molecule has 0 saturated heterocycles. The van der Waals surface area contributed by atoms with Gasteiger partial charge in [0.2, 0.25) is 5.91 Å². The van der Waals surface area contributed by atoms with E-state index in [0.717, 1.165) is 10.0 Å². The molecule has 1 amide bonds. The molecule has 1 aliphatic heterocycles. The van der Waals surface area contributed by atoms with Crippen molar-refractivity contribution in [2.45, 2.75) is 19.3 Å². The Labute approximate surface area is 208 Å². The second-order valence-corrected chi connectivity index (χ2v) is 8.92. The molecule has 0 atom stereocenters. The fraction of sp³-hybridized carbons (Fsp3) is 0.231. The summed E-state index contributed by atoms with van der Waals surface area (Å²) in [7, 11) is 1.56. The lowest BCUT2D eigenvalue weighted by atomic mass is 9.97. The predicted molar refractivity (Wildman–Crippen MR) is 128 cm³/mol. The van der Waals surface area contributed by atoms with E-state index >= 15 is 0 Å². The molecule has 0 aromatic heterocycles. The maximum Gasteiger partial charge on any atom is 0.232 e. The summed E-state index contributed by atoms with van der Waals surface area (Å²) < 4.78 is 62.2. The summed E-state index contributed by atoms with van der Waals surface area (Å²) in [6.07, 6.45) is 0.299. The van der Waals surface area contributed by atoms with Gasteiger partial charge >= 0.3 is 0 Å². The van der Waals surface area contributed by atoms with Gasteiger partial charge in [0, 0.05) is 28.2 Å². The second kappa shape index (κ2) is 10.6. The van der Waals surface area contributed by atoms with Crippen LogP contribution >= 0.6 is 15.9 Å². The van der Waals surface area contributed by atoms with Gasteiger partial charge in [-0.2, -0.15) is 0 Å². The molecule has 0 unspecified atom stereocenters. The standard InChI is InChI=1S/C26H21BrF4N2O2/c1-35-24-8-6-17(27)11-15(24)5-7-18-19(3-2-4-20(18)28)26-32-9-10-33(26)25(34)13-16-12-22(30)23(31)14-21(16)29/h2-4,6,8,11-12,14H,5,7,9-10,13H2,1H3. The Bertz CT molecular complexity index is 1310. The highest BCUT2D eigenvalue weighted by atomic mass is 79.9. The van der Waals surface area contributed by atoms with Crippen molar-refractivity contribution in [2.75, 3.05) is 20.2 Å². The van der Waals surface area contributed by atoms with Crippen LogP contribution in [0, 0.1) is 23.3 Å². The summed E-state index contributed by atoms with van der Waals surface area (Å²) in [4.78, 5) is 18.7. The fourth-order valence-electron chi connectivity index (χ4n) is 4.10. The van der Waals surface area contributed by atoms with E-state index in [2.05, 4.69) is 20.9 Å². The highest BCUT2D eigenvalue weighted by Gasteiger charge is 2.28. The van der Waals surface area contributed by atoms with Gasteiger partial charge in [-0.15, -0.1) is 0 Å². The van der Waals surface area contributed by atoms with Gasteiger partial charge in [-0.05, 0) is 54.3 Å². The molecule has 0 aliphatic carbocycles. The average molecular weight is 549 g/mol. The number of aryl methyl sites for hydroxylation is 1. The van der Waals surface area contributed by atoms with Gasteiger partial charge in [0.1, 0.15) is 23.2 Å². The van der Waals surface area contributed by atoms with Crippen molar-refractivity contribution >= 4 is 27.7 Å². The third-order valence-electron chi connectivity index (χ3n) is 5.82. The number of aliphatic imine (C=N–C) groups is 1. The van der Waals surface area contributed by atoms with E-state index in [1.807, 2.05) is 18.2 Å². The van der Waals surface area contributed by atoms with Crippen LogP contribution in [0.4, 0.5) is 17.6 Å². The zero-order valence-electron chi connectivity index (χ0n) is 18.8. The highest BCUT2D eigenvalue weighted by molar-refractivity contribution is 9.10. The number of nitrogens with zero attached hydrogens (tertiary/aromatic N) is 2. The number of rotatable bonds is 7. The van der Waals surface area contributed by atoms with Gasteiger partial charge in [0.05, 0.1) is 20.1 Å². The second-order valence-electron chi connectivity index (χ2n) is 8.01. The number of benzene rings is 3. The van der Waals surface area contributed by atoms with Crippen LogP contribution < -0.4 is 4.74 Å². The number of carbonyl (C=O) groups excluding carboxylic acids is 1. The van der Waals surface area contributed by atoms with E-state index in [-0.39, 0.29) is 24.5 Å². The Morgan fingerprint density at radius 3 is 2.51 bits per heavy atom. The molecule has 1 heterocycles. The minimum atomic E-state index is -1.33. The number of amides is 1. The van der Waals surface area contributed by atoms with Gasteiger partial charge in [-0.3, -0.25) is 14.7 Å². The van der Waals surface area contributed by atoms with Gasteiger partial charge in [0.25, 0.3) is 0 Å². The average Bonchev–Trinajstić information content (AvgIpc) is 3.31. The molecule has 1 aliphatic rings. The first kappa shape index (κ1) is 24.9. The molecular formula is C26H21BrF4N2O2. The van der Waals surface area contributed by atoms with E-state index < -0.39 is 35.6 Å². The highest BCUT2D eigenvalue weighted by Crippen LogP contribution is 2.27. The van der Waals surface area contributed by atoms with Crippen LogP contribution in [0.3, 0.4) is 0 Å². The first-order valence-corrected chi connectivity index (χ1v) is 11.7. The normalized spacial score (nSPS) is 13.2. The largest absolute Gasteiger partial charge is 0.496 e. The van der Waals surface area contributed by atoms with Crippen molar-refractivity contribution in [3.8, 4) is 5.75 Å². The molecule has 9 heteroatoms. The Kier molecular flexibility index (Phi) is 7.54. The number of carbonyl (C=O) groups is 1. The minimum absolute atomic E-state index is 0.217. The quantitative estimate of drug-likeness (QED) is 0.283. The summed E-state index contributed by atoms with van der Waals surface area (Å²) in [5.74, 6) is -3.61. The topological polar surface area (TPSA) is 41.9 Å². The molecule has 0 bridgehead atoms. The van der Waals surface area contributed by atoms with Crippen LogP contribution in [0.25, 0.3) is 0 Å². The SMILES string of the molecule is COc1ccc(Br)cc1CCc1c(F)cccc1C1=NCCN1C(=O)Cc1cc(F)c(F)cc1F. The van der Waals surface area contributed by atoms with Crippen LogP contribution in [0.2, 0.25) is 0 Å². The lowest BCUT2D eigenvalue weighted by molar-refractivity contribution is -0.126. The van der Waals surface area contributed by atoms with Crippen LogP contribution in [0.1, 0.15) is 22.3 Å². The fourth-order valence-corrected chi connectivity index (χ4v) is 4.51. The number of ether oxygens (including phenoxy) is 1. The zero-order valence-corrected chi connectivity index (χ0v) is 20.3. The zero-order chi connectivity index (χ0) is 25.1. The number of amidine groups is 1. The van der Waals surface area contributed by atoms with Crippen molar-refractivity contribution in [1.82, 2.24) is 4.90 Å². The molecule has 4 nitrogen and oxygen atoms in total. The Morgan fingerprint density at radius 1 is 0.971 bits per heavy atom. The minimum Gasteiger partial charge on any atom is -0.496 e. The van der Waals surface area contributed by atoms with Gasteiger partial charge in [-0.1, -0.05) is 28.1 Å². The van der Waals surface area contributed by atoms with Gasteiger partial charge in [0.15, 0.2) is 11.6 Å². The summed E-state index contributed by atoms with van der Waals surface area (Å²) >= 11 is 3.44. The Hall–Kier alpha value is -3.20. The molecule has 0 radical (unpaired) electrons. The molecule has 0 saturated carbocycles. The maximum atomic E-state index is 15.0. The molecule has 0 spiro atoms. The summed E-state index contributed by atoms with van der Waals surface area (Å²) in [5.41, 5.74) is 1.45. The predicted octanol–water partition coefficient (Wildman–Crippen LogP) is 5.63. The first-order valence-electron chi connectivity index (χ1n) is 10.9. The van der Waals surface area contributed by atoms with Crippen molar-refractivity contribution in [1.29, 1.82) is 0 Å². The van der Waals surface area contributed by atoms with Crippen LogP contribution in [-0.2, 0) is 24.1 Å². The van der Waals surface area contributed by atoms with Crippen molar-refractivity contribution in [3.63, 3.8) is 0 Å². The first-order chi connectivity index (χ1) is 16.8. The monoisotopic (exact) mass is 548 g/mol. The van der Waals surface area contributed by atoms with E-state index in [0.29, 0.717) is 41.9 Å². The summed E-state index contributed by atoms with van der Waals surface area (Å²) in [6.45, 7) is 0.506. The number of methoxy groups -OCH3 is 1. The lowest BCUT2D eigenvalue weighted by Crippen LogP contribution is -2.36. The third-order valence-corrected chi connectivity index (χ3v) is 6.31. The van der Waals surface area contributed by atoms with Gasteiger partial charge in [-0.25, -0.2) is 17.6 Å². The number of halogens is 5. The molecule has 0 N–H and O–H groups in total. The van der Waals surface area contributed by atoms with Crippen molar-refractivity contribution in [3.05, 3.63) is 98.5 Å². The molecule has 4 rings (SSSR count). The number of hydrogen-bond acceptors (Lipinski definition) is 3. The van der Waals surface area contributed by atoms with Crippen molar-refractivity contribution < 1.29 is 27.1 Å². The molecule has 0 fully saturated rings. The molecule has 182 valence electrons. The molecular weight excluding hydrogens is 528 g/mol. The third kappa shape index (κ3) is 5.40. The van der Waals surface area contributed by atoms with E-state index in [4.69, 9.17) is 4.74 Å². The maximum absolute atomic E-state index is 15.0. The molecule has 3 aromatic carbocycles. The number of hydrogen-bond donors (Lipinski definition) is 0. The van der Waals surface area contributed by atoms with Crippen molar-refractivity contribution in [2.24, 2.45) is 4.99 Å². The Morgan fingerprint density at radius 2 is 1.74 bits per heavy atom. The van der Waals surface area contributed by atoms with E-state index in [1.54, 1.807) is 13.2 Å². The van der Waals surface area contributed by atoms with Gasteiger partial charge < -0.3 is 4.74 Å². The lowest BCUT2D eigenvalue weighted by Gasteiger charge is -2.21. The van der Waals surface area contributed by atoms with Crippen LogP contribution in [0.5, 0.6) is 5.75 Å². The van der Waals surface area contributed by atoms with Crippen LogP contribution in [0.15, 0.2) is 58.0 Å². The Balaban J connectivity index is 1.59.